The van der Waals surface area contributed by atoms with E-state index in [9.17, 15) is 0 Å². The van der Waals surface area contributed by atoms with Crippen LogP contribution in [0.5, 0.6) is 11.5 Å². The van der Waals surface area contributed by atoms with Gasteiger partial charge in [-0.15, -0.1) is 0 Å². The molecule has 3 aliphatic heterocycles. The van der Waals surface area contributed by atoms with E-state index in [2.05, 4.69) is 273 Å². The third-order valence-electron chi connectivity index (χ3n) is 17.0. The topological polar surface area (TPSA) is 80.8 Å². The Morgan fingerprint density at radius 2 is 0.783 bits per heavy atom. The quantitative estimate of drug-likeness (QED) is 0.174. The average Bonchev–Trinajstić information content (AvgIpc) is 2.05. The van der Waals surface area contributed by atoms with Gasteiger partial charge < -0.3 is 24.0 Å². The largest absolute Gasteiger partial charge is 0.497 e. The van der Waals surface area contributed by atoms with Gasteiger partial charge in [0, 0.05) is 62.0 Å². The van der Waals surface area contributed by atoms with Gasteiger partial charge in [-0.05, 0) is 149 Å². The fourth-order valence-corrected chi connectivity index (χ4v) is 11.7. The lowest BCUT2D eigenvalue weighted by Gasteiger charge is -2.26. The number of aromatic nitrogens is 5. The van der Waals surface area contributed by atoms with E-state index in [1.165, 1.54) is 33.4 Å². The minimum atomic E-state index is -0.140. The van der Waals surface area contributed by atoms with Crippen LogP contribution in [0.15, 0.2) is 127 Å². The van der Waals surface area contributed by atoms with Gasteiger partial charge in [0.05, 0.1) is 53.4 Å². The Morgan fingerprint density at radius 3 is 1.22 bits per heavy atom. The molecule has 0 saturated heterocycles. The zero-order chi connectivity index (χ0) is 59.7. The number of benzene rings is 5. The Balaban J connectivity index is 1.44. The van der Waals surface area contributed by atoms with Gasteiger partial charge in [0.15, 0.2) is 0 Å². The number of aromatic amines is 2. The molecular formula is C76H85N5O2. The molecule has 83 heavy (non-hydrogen) atoms. The van der Waals surface area contributed by atoms with Crippen molar-refractivity contribution in [1.29, 1.82) is 0 Å². The molecule has 5 aromatic carbocycles. The van der Waals surface area contributed by atoms with Crippen molar-refractivity contribution in [3.63, 3.8) is 0 Å². The van der Waals surface area contributed by atoms with Gasteiger partial charge in [-0.3, -0.25) is 0 Å². The molecule has 8 bridgehead atoms. The van der Waals surface area contributed by atoms with Gasteiger partial charge in [0.2, 0.25) is 0 Å². The molecule has 0 fully saturated rings. The molecule has 0 saturated carbocycles. The lowest BCUT2D eigenvalue weighted by Crippen LogP contribution is -2.16. The summed E-state index contributed by atoms with van der Waals surface area (Å²) in [6.45, 7) is 41.6. The molecule has 2 N–H and O–H groups in total. The fraction of sp³-hybridized carbons (Fsp3) is 0.342. The zero-order valence-electron chi connectivity index (χ0n) is 52.9. The highest BCUT2D eigenvalue weighted by Crippen LogP contribution is 2.47. The second-order valence-corrected chi connectivity index (χ2v) is 29.5. The summed E-state index contributed by atoms with van der Waals surface area (Å²) >= 11 is 0. The summed E-state index contributed by atoms with van der Waals surface area (Å²) in [7, 11) is 3.46. The van der Waals surface area contributed by atoms with E-state index in [1.807, 2.05) is 6.07 Å². The molecular weight excluding hydrogens is 1010 g/mol. The van der Waals surface area contributed by atoms with Crippen molar-refractivity contribution >= 4 is 56.2 Å². The van der Waals surface area contributed by atoms with Crippen molar-refractivity contribution in [3.8, 4) is 61.8 Å². The van der Waals surface area contributed by atoms with Crippen molar-refractivity contribution in [2.75, 3.05) is 14.2 Å². The van der Waals surface area contributed by atoms with Crippen LogP contribution in [0.4, 0.5) is 0 Å². The van der Waals surface area contributed by atoms with Gasteiger partial charge in [-0.25, -0.2) is 9.97 Å². The van der Waals surface area contributed by atoms with Crippen molar-refractivity contribution < 1.29 is 9.47 Å². The molecule has 0 unspecified atom stereocenters. The first-order valence-electron chi connectivity index (χ1n) is 29.6. The third kappa shape index (κ3) is 10.7. The number of H-pyrrole nitrogens is 2. The highest BCUT2D eigenvalue weighted by molar-refractivity contribution is 6.11. The Morgan fingerprint density at radius 1 is 0.386 bits per heavy atom. The van der Waals surface area contributed by atoms with Gasteiger partial charge in [-0.1, -0.05) is 185 Å². The molecule has 3 aromatic heterocycles. The zero-order valence-corrected chi connectivity index (χ0v) is 52.9. The molecule has 11 rings (SSSR count). The number of nitrogens with one attached hydrogen (secondary N) is 2. The number of methoxy groups -OCH3 is 2. The molecule has 8 aromatic rings. The van der Waals surface area contributed by atoms with Crippen molar-refractivity contribution in [1.82, 2.24) is 24.5 Å². The molecule has 0 aliphatic carbocycles. The number of pyridine rings is 1. The van der Waals surface area contributed by atoms with Crippen LogP contribution in [0.2, 0.25) is 0 Å². The number of hydrogen-bond acceptors (Lipinski definition) is 4. The summed E-state index contributed by atoms with van der Waals surface area (Å²) in [5.41, 5.74) is 24.3. The summed E-state index contributed by atoms with van der Waals surface area (Å²) in [5, 5.41) is 1.04. The molecule has 0 radical (unpaired) electrons. The van der Waals surface area contributed by atoms with E-state index in [1.54, 1.807) is 14.2 Å². The van der Waals surface area contributed by atoms with E-state index in [-0.39, 0.29) is 32.5 Å². The smallest absolute Gasteiger partial charge is 0.120 e. The molecule has 6 heterocycles. The molecule has 0 amide bonds. The lowest BCUT2D eigenvalue weighted by atomic mass is 9.78. The van der Waals surface area contributed by atoms with Crippen LogP contribution in [0.1, 0.15) is 169 Å². The maximum Gasteiger partial charge on any atom is 0.120 e. The molecule has 7 nitrogen and oxygen atoms in total. The Labute approximate surface area is 493 Å². The first-order valence-corrected chi connectivity index (χ1v) is 29.6. The maximum atomic E-state index is 6.06. The molecule has 0 atom stereocenters. The monoisotopic (exact) mass is 1100 g/mol. The van der Waals surface area contributed by atoms with E-state index in [0.29, 0.717) is 0 Å². The summed E-state index contributed by atoms with van der Waals surface area (Å²) in [4.78, 5) is 20.1. The minimum absolute atomic E-state index is 0.121. The number of rotatable bonds is 6. The summed E-state index contributed by atoms with van der Waals surface area (Å²) < 4.78 is 14.4. The van der Waals surface area contributed by atoms with Crippen LogP contribution in [-0.4, -0.2) is 38.7 Å². The summed E-state index contributed by atoms with van der Waals surface area (Å²) in [6, 6.07) is 47.6. The number of fused-ring (bicyclic) bond motifs is 10. The van der Waals surface area contributed by atoms with Crippen molar-refractivity contribution in [2.24, 2.45) is 0 Å². The normalized spacial score (nSPS) is 13.3. The SMILES string of the molecule is COc1cccc(-n2c3cc(OC)ccc3c3cc4nc-3c2c2ccc([nH]2)c(-c2cc(C(C)(C)C)cc(C(C)(C)C)c2)c2nc(c(-c3cc(C(C)(C)C)cc(C(C)(C)C)c3)c3ccc([nH]3)c4-c3cc(C(C)(C)C)cc(C(C)(C)C)c3)C=C2)c1. The van der Waals surface area contributed by atoms with Crippen LogP contribution in [0.25, 0.3) is 106 Å². The van der Waals surface area contributed by atoms with Crippen LogP contribution in [0.3, 0.4) is 0 Å². The first-order chi connectivity index (χ1) is 38.8. The summed E-state index contributed by atoms with van der Waals surface area (Å²) in [5.74, 6) is 1.50. The molecule has 3 aliphatic rings. The molecule has 7 heteroatoms. The fourth-order valence-electron chi connectivity index (χ4n) is 11.7. The summed E-state index contributed by atoms with van der Waals surface area (Å²) in [6.07, 6.45) is 4.47. The van der Waals surface area contributed by atoms with Crippen LogP contribution >= 0.6 is 0 Å². The van der Waals surface area contributed by atoms with Gasteiger partial charge in [0.25, 0.3) is 0 Å². The minimum Gasteiger partial charge on any atom is -0.497 e. The van der Waals surface area contributed by atoms with Crippen LogP contribution in [-0.2, 0) is 32.5 Å². The number of ether oxygens (including phenoxy) is 2. The molecule has 426 valence electrons. The standard InChI is InChI=1S/C76H85N5O2/c1-71(2,3)47-32-44(33-48(38-47)72(4,5)6)66-58-26-27-60(77-58)67(45-34-49(73(7,8)9)39-50(35-45)74(10,11)12)61-30-31-63(79-61)70-69-57(56-25-24-55(83-20)42-65(56)81(70)53-22-21-23-54(41-53)82-19)43-64(80-69)68(62-29-28-59(66)78-62)46-36-51(75(13,14)15)40-52(37-46)76(16,17)18/h21-43,78-79H,1-20H3. The predicted octanol–water partition coefficient (Wildman–Crippen LogP) is 20.6. The van der Waals surface area contributed by atoms with E-state index < -0.39 is 0 Å². The van der Waals surface area contributed by atoms with Crippen LogP contribution in [0, 0.1) is 0 Å². The van der Waals surface area contributed by atoms with E-state index in [4.69, 9.17) is 19.4 Å². The van der Waals surface area contributed by atoms with Crippen molar-refractivity contribution in [2.45, 2.75) is 157 Å². The third-order valence-corrected chi connectivity index (χ3v) is 17.0. The Kier molecular flexibility index (Phi) is 13.6. The van der Waals surface area contributed by atoms with Gasteiger partial charge in [-0.2, -0.15) is 0 Å². The highest BCUT2D eigenvalue weighted by atomic mass is 16.5. The highest BCUT2D eigenvalue weighted by Gasteiger charge is 2.29. The number of nitrogens with zero attached hydrogens (tertiary/aromatic N) is 3. The van der Waals surface area contributed by atoms with Gasteiger partial charge in [0.1, 0.15) is 11.5 Å². The van der Waals surface area contributed by atoms with Gasteiger partial charge >= 0.3 is 0 Å². The molecule has 0 spiro atoms. The van der Waals surface area contributed by atoms with E-state index in [0.717, 1.165) is 117 Å². The van der Waals surface area contributed by atoms with Crippen LogP contribution < -0.4 is 9.47 Å². The second kappa shape index (κ2) is 19.9. The average molecular weight is 1100 g/mol. The second-order valence-electron chi connectivity index (χ2n) is 29.5. The lowest BCUT2D eigenvalue weighted by molar-refractivity contribution is 0.414. The Bertz CT molecular complexity index is 4240. The predicted molar refractivity (Wildman–Crippen MR) is 354 cm³/mol. The van der Waals surface area contributed by atoms with E-state index >= 15 is 0 Å². The Hall–Kier alpha value is -7.90. The first kappa shape index (κ1) is 56.9. The number of hydrogen-bond donors (Lipinski definition) is 2. The van der Waals surface area contributed by atoms with Crippen molar-refractivity contribution in [3.05, 3.63) is 172 Å². The maximum absolute atomic E-state index is 6.06.